The van der Waals surface area contributed by atoms with Gasteiger partial charge in [-0.2, -0.15) is 0 Å². The quantitative estimate of drug-likeness (QED) is 0.707. The van der Waals surface area contributed by atoms with Gasteiger partial charge >= 0.3 is 0 Å². The van der Waals surface area contributed by atoms with Crippen molar-refractivity contribution in [2.24, 2.45) is 5.73 Å². The van der Waals surface area contributed by atoms with Gasteiger partial charge in [0.05, 0.1) is 4.34 Å². The third-order valence-corrected chi connectivity index (χ3v) is 2.20. The second-order valence-corrected chi connectivity index (χ2v) is 3.62. The molecule has 0 saturated heterocycles. The number of nitrogens with two attached hydrogens (primary N) is 1. The van der Waals surface area contributed by atoms with E-state index in [0.717, 1.165) is 4.88 Å². The lowest BCUT2D eigenvalue weighted by molar-refractivity contribution is -0.113. The van der Waals surface area contributed by atoms with Gasteiger partial charge in [0.25, 0.3) is 0 Å². The third kappa shape index (κ3) is 2.74. The average molecular weight is 188 g/mol. The summed E-state index contributed by atoms with van der Waals surface area (Å²) in [6, 6.07) is 3.60. The summed E-state index contributed by atoms with van der Waals surface area (Å²) < 4.78 is 0.703. The second-order valence-electron chi connectivity index (χ2n) is 1.88. The van der Waals surface area contributed by atoms with Crippen LogP contribution in [0.15, 0.2) is 18.2 Å². The van der Waals surface area contributed by atoms with Gasteiger partial charge in [0, 0.05) is 11.0 Å². The zero-order valence-electron chi connectivity index (χ0n) is 5.58. The molecule has 1 aromatic rings. The van der Waals surface area contributed by atoms with Crippen molar-refractivity contribution in [1.29, 1.82) is 0 Å². The molecule has 2 nitrogen and oxygen atoms in total. The van der Waals surface area contributed by atoms with E-state index in [9.17, 15) is 4.79 Å². The minimum Gasteiger partial charge on any atom is -0.366 e. The molecule has 58 valence electrons. The molecule has 0 fully saturated rings. The minimum absolute atomic E-state index is 0.450. The fourth-order valence-corrected chi connectivity index (χ4v) is 1.55. The molecule has 4 heteroatoms. The Morgan fingerprint density at radius 1 is 1.64 bits per heavy atom. The maximum absolute atomic E-state index is 10.3. The van der Waals surface area contributed by atoms with Gasteiger partial charge in [0.1, 0.15) is 0 Å². The van der Waals surface area contributed by atoms with Crippen LogP contribution in [0, 0.1) is 0 Å². The van der Waals surface area contributed by atoms with Crippen molar-refractivity contribution in [2.75, 3.05) is 0 Å². The van der Waals surface area contributed by atoms with E-state index in [-0.39, 0.29) is 0 Å². The lowest BCUT2D eigenvalue weighted by Gasteiger charge is -1.80. The van der Waals surface area contributed by atoms with Crippen LogP contribution in [0.1, 0.15) is 4.88 Å². The highest BCUT2D eigenvalue weighted by molar-refractivity contribution is 7.17. The van der Waals surface area contributed by atoms with Crippen molar-refractivity contribution in [3.8, 4) is 0 Å². The highest BCUT2D eigenvalue weighted by Gasteiger charge is 1.92. The first kappa shape index (κ1) is 8.30. The molecule has 0 aromatic carbocycles. The Morgan fingerprint density at radius 2 is 2.36 bits per heavy atom. The summed E-state index contributed by atoms with van der Waals surface area (Å²) in [5.41, 5.74) is 4.89. The highest BCUT2D eigenvalue weighted by atomic mass is 35.5. The summed E-state index contributed by atoms with van der Waals surface area (Å²) in [7, 11) is 0. The first-order chi connectivity index (χ1) is 5.18. The van der Waals surface area contributed by atoms with Crippen molar-refractivity contribution in [3.63, 3.8) is 0 Å². The van der Waals surface area contributed by atoms with Gasteiger partial charge in [-0.05, 0) is 18.2 Å². The van der Waals surface area contributed by atoms with Gasteiger partial charge in [-0.15, -0.1) is 11.3 Å². The fourth-order valence-electron chi connectivity index (χ4n) is 0.582. The topological polar surface area (TPSA) is 43.1 Å². The first-order valence-electron chi connectivity index (χ1n) is 2.91. The van der Waals surface area contributed by atoms with Crippen LogP contribution in [0.4, 0.5) is 0 Å². The predicted octanol–water partition coefficient (Wildman–Crippen LogP) is 1.90. The molecule has 0 saturated carbocycles. The average Bonchev–Trinajstić information content (AvgIpc) is 2.31. The molecule has 2 N–H and O–H groups in total. The molecule has 1 aromatic heterocycles. The number of primary amides is 1. The van der Waals surface area contributed by atoms with Gasteiger partial charge in [-0.25, -0.2) is 0 Å². The largest absolute Gasteiger partial charge is 0.366 e. The summed E-state index contributed by atoms with van der Waals surface area (Å²) in [6.45, 7) is 0. The second kappa shape index (κ2) is 3.55. The standard InChI is InChI=1S/C7H6ClNOS/c8-6-3-1-5(11-6)2-4-7(9)10/h1-4H,(H2,9,10)/b4-2+. The summed E-state index contributed by atoms with van der Waals surface area (Å²) in [4.78, 5) is 11.2. The summed E-state index contributed by atoms with van der Waals surface area (Å²) in [6.07, 6.45) is 2.95. The molecule has 11 heavy (non-hydrogen) atoms. The molecule has 0 atom stereocenters. The number of amides is 1. The van der Waals surface area contributed by atoms with Gasteiger partial charge in [-0.3, -0.25) is 4.79 Å². The first-order valence-corrected chi connectivity index (χ1v) is 4.11. The van der Waals surface area contributed by atoms with Gasteiger partial charge in [0.15, 0.2) is 0 Å². The molecule has 1 heterocycles. The Labute approximate surface area is 73.3 Å². The molecule has 0 aliphatic rings. The molecule has 0 aliphatic heterocycles. The number of carbonyl (C=O) groups excluding carboxylic acids is 1. The SMILES string of the molecule is NC(=O)/C=C/c1ccc(Cl)s1. The lowest BCUT2D eigenvalue weighted by atomic mass is 10.4. The lowest BCUT2D eigenvalue weighted by Crippen LogP contribution is -2.04. The van der Waals surface area contributed by atoms with Crippen LogP contribution >= 0.6 is 22.9 Å². The zero-order chi connectivity index (χ0) is 8.27. The molecule has 0 spiro atoms. The summed E-state index contributed by atoms with van der Waals surface area (Å²) in [5, 5.41) is 0. The Balaban J connectivity index is 2.71. The van der Waals surface area contributed by atoms with E-state index in [0.29, 0.717) is 4.34 Å². The Kier molecular flexibility index (Phi) is 2.68. The van der Waals surface area contributed by atoms with E-state index in [4.69, 9.17) is 17.3 Å². The van der Waals surface area contributed by atoms with Crippen molar-refractivity contribution >= 4 is 34.9 Å². The molecule has 0 radical (unpaired) electrons. The van der Waals surface area contributed by atoms with E-state index in [2.05, 4.69) is 0 Å². The van der Waals surface area contributed by atoms with Crippen LogP contribution in [0.25, 0.3) is 6.08 Å². The maximum Gasteiger partial charge on any atom is 0.241 e. The van der Waals surface area contributed by atoms with Crippen LogP contribution in [-0.2, 0) is 4.79 Å². The third-order valence-electron chi connectivity index (χ3n) is 1.01. The summed E-state index contributed by atoms with van der Waals surface area (Å²) in [5.74, 6) is -0.450. The monoisotopic (exact) mass is 187 g/mol. The Morgan fingerprint density at radius 3 is 2.82 bits per heavy atom. The molecule has 0 bridgehead atoms. The number of thiophene rings is 1. The Hall–Kier alpha value is -0.800. The van der Waals surface area contributed by atoms with Crippen molar-refractivity contribution in [1.82, 2.24) is 0 Å². The Bertz CT molecular complexity index is 292. The van der Waals surface area contributed by atoms with Crippen molar-refractivity contribution in [2.45, 2.75) is 0 Å². The number of rotatable bonds is 2. The molecule has 0 aliphatic carbocycles. The normalized spacial score (nSPS) is 10.6. The van der Waals surface area contributed by atoms with Crippen molar-refractivity contribution < 1.29 is 4.79 Å². The molecule has 1 amide bonds. The maximum atomic E-state index is 10.3. The molecule has 1 rings (SSSR count). The number of halogens is 1. The van der Waals surface area contributed by atoms with E-state index >= 15 is 0 Å². The van der Waals surface area contributed by atoms with Gasteiger partial charge < -0.3 is 5.73 Å². The smallest absolute Gasteiger partial charge is 0.241 e. The number of hydrogen-bond acceptors (Lipinski definition) is 2. The van der Waals surface area contributed by atoms with Gasteiger partial charge in [-0.1, -0.05) is 11.6 Å². The van der Waals surface area contributed by atoms with E-state index in [1.54, 1.807) is 12.1 Å². The fraction of sp³-hybridized carbons (Fsp3) is 0. The van der Waals surface area contributed by atoms with E-state index in [1.807, 2.05) is 6.07 Å². The number of carbonyl (C=O) groups is 1. The highest BCUT2D eigenvalue weighted by Crippen LogP contribution is 2.22. The van der Waals surface area contributed by atoms with Crippen LogP contribution in [0.5, 0.6) is 0 Å². The molecule has 0 unspecified atom stereocenters. The van der Waals surface area contributed by atoms with Crippen LogP contribution in [0.2, 0.25) is 4.34 Å². The van der Waals surface area contributed by atoms with Crippen molar-refractivity contribution in [3.05, 3.63) is 27.4 Å². The van der Waals surface area contributed by atoms with Crippen LogP contribution in [-0.4, -0.2) is 5.91 Å². The van der Waals surface area contributed by atoms with E-state index < -0.39 is 5.91 Å². The zero-order valence-corrected chi connectivity index (χ0v) is 7.15. The molecular weight excluding hydrogens is 182 g/mol. The number of hydrogen-bond donors (Lipinski definition) is 1. The van der Waals surface area contributed by atoms with Crippen LogP contribution < -0.4 is 5.73 Å². The van der Waals surface area contributed by atoms with Crippen LogP contribution in [0.3, 0.4) is 0 Å². The summed E-state index contributed by atoms with van der Waals surface area (Å²) >= 11 is 7.04. The van der Waals surface area contributed by atoms with E-state index in [1.165, 1.54) is 17.4 Å². The minimum atomic E-state index is -0.450. The molecular formula is C7H6ClNOS. The predicted molar refractivity (Wildman–Crippen MR) is 47.6 cm³/mol. The van der Waals surface area contributed by atoms with Gasteiger partial charge in [0.2, 0.25) is 5.91 Å².